The van der Waals surface area contributed by atoms with Crippen molar-refractivity contribution in [2.24, 2.45) is 5.92 Å². The van der Waals surface area contributed by atoms with Gasteiger partial charge in [0.15, 0.2) is 0 Å². The minimum atomic E-state index is 0.897. The van der Waals surface area contributed by atoms with E-state index in [1.165, 1.54) is 12.8 Å². The SMILES string of the molecule is C=CC.CC1CC(N2CCOCC2)C1. The lowest BCUT2D eigenvalue weighted by Crippen LogP contribution is -2.49. The van der Waals surface area contributed by atoms with Crippen molar-refractivity contribution in [3.8, 4) is 0 Å². The van der Waals surface area contributed by atoms with Crippen LogP contribution < -0.4 is 0 Å². The van der Waals surface area contributed by atoms with Gasteiger partial charge in [0.25, 0.3) is 0 Å². The Labute approximate surface area is 87.9 Å². The number of hydrogen-bond acceptors (Lipinski definition) is 2. The fourth-order valence-corrected chi connectivity index (χ4v) is 2.10. The molecule has 82 valence electrons. The predicted molar refractivity (Wildman–Crippen MR) is 60.4 cm³/mol. The van der Waals surface area contributed by atoms with Crippen LogP contribution >= 0.6 is 0 Å². The smallest absolute Gasteiger partial charge is 0.0594 e. The van der Waals surface area contributed by atoms with Crippen LogP contribution in [0, 0.1) is 5.92 Å². The van der Waals surface area contributed by atoms with E-state index >= 15 is 0 Å². The summed E-state index contributed by atoms with van der Waals surface area (Å²) < 4.78 is 5.30. The van der Waals surface area contributed by atoms with Gasteiger partial charge in [-0.1, -0.05) is 13.0 Å². The van der Waals surface area contributed by atoms with Gasteiger partial charge in [0, 0.05) is 19.1 Å². The van der Waals surface area contributed by atoms with Gasteiger partial charge in [-0.3, -0.25) is 4.90 Å². The number of allylic oxidation sites excluding steroid dienone is 1. The van der Waals surface area contributed by atoms with Crippen molar-refractivity contribution >= 4 is 0 Å². The zero-order chi connectivity index (χ0) is 10.4. The van der Waals surface area contributed by atoms with Crippen molar-refractivity contribution in [1.29, 1.82) is 0 Å². The average Bonchev–Trinajstić information content (AvgIpc) is 2.16. The number of morpholine rings is 1. The molecule has 2 rings (SSSR count). The molecule has 0 bridgehead atoms. The molecule has 0 amide bonds. The first kappa shape index (κ1) is 11.7. The second-order valence-corrected chi connectivity index (χ2v) is 4.29. The summed E-state index contributed by atoms with van der Waals surface area (Å²) in [5, 5.41) is 0. The second kappa shape index (κ2) is 6.20. The predicted octanol–water partition coefficient (Wildman–Crippen LogP) is 2.31. The van der Waals surface area contributed by atoms with E-state index in [2.05, 4.69) is 18.4 Å². The van der Waals surface area contributed by atoms with Crippen LogP contribution in [0.3, 0.4) is 0 Å². The number of ether oxygens (including phenoxy) is 1. The Morgan fingerprint density at radius 1 is 1.29 bits per heavy atom. The Kier molecular flexibility index (Phi) is 5.20. The maximum Gasteiger partial charge on any atom is 0.0594 e. The largest absolute Gasteiger partial charge is 0.379 e. The molecule has 1 aliphatic heterocycles. The Balaban J connectivity index is 0.000000293. The van der Waals surface area contributed by atoms with Crippen molar-refractivity contribution in [1.82, 2.24) is 4.90 Å². The quantitative estimate of drug-likeness (QED) is 0.598. The summed E-state index contributed by atoms with van der Waals surface area (Å²) in [7, 11) is 0. The van der Waals surface area contributed by atoms with Gasteiger partial charge in [0.2, 0.25) is 0 Å². The van der Waals surface area contributed by atoms with Gasteiger partial charge in [-0.25, -0.2) is 0 Å². The zero-order valence-corrected chi connectivity index (χ0v) is 9.54. The lowest BCUT2D eigenvalue weighted by molar-refractivity contribution is -0.0143. The van der Waals surface area contributed by atoms with Gasteiger partial charge in [0.1, 0.15) is 0 Å². The van der Waals surface area contributed by atoms with Crippen LogP contribution in [0.4, 0.5) is 0 Å². The third-order valence-electron chi connectivity index (χ3n) is 2.91. The summed E-state index contributed by atoms with van der Waals surface area (Å²) in [4.78, 5) is 2.59. The van der Waals surface area contributed by atoms with Gasteiger partial charge in [-0.05, 0) is 25.7 Å². The van der Waals surface area contributed by atoms with E-state index in [9.17, 15) is 0 Å². The van der Waals surface area contributed by atoms with Crippen LogP contribution in [-0.2, 0) is 4.74 Å². The fraction of sp³-hybridized carbons (Fsp3) is 0.833. The average molecular weight is 197 g/mol. The normalized spacial score (nSPS) is 32.4. The van der Waals surface area contributed by atoms with Crippen LogP contribution in [0.1, 0.15) is 26.7 Å². The van der Waals surface area contributed by atoms with E-state index in [0.29, 0.717) is 0 Å². The van der Waals surface area contributed by atoms with Crippen LogP contribution in [0.25, 0.3) is 0 Å². The molecule has 2 nitrogen and oxygen atoms in total. The third-order valence-corrected chi connectivity index (χ3v) is 2.91. The Bertz CT molecular complexity index is 158. The van der Waals surface area contributed by atoms with E-state index in [1.54, 1.807) is 6.08 Å². The highest BCUT2D eigenvalue weighted by Crippen LogP contribution is 2.31. The van der Waals surface area contributed by atoms with Crippen LogP contribution in [-0.4, -0.2) is 37.2 Å². The topological polar surface area (TPSA) is 12.5 Å². The number of hydrogen-bond donors (Lipinski definition) is 0. The third kappa shape index (κ3) is 3.43. The number of nitrogens with zero attached hydrogens (tertiary/aromatic N) is 1. The van der Waals surface area contributed by atoms with Gasteiger partial charge in [-0.2, -0.15) is 0 Å². The summed E-state index contributed by atoms with van der Waals surface area (Å²) in [6.07, 6.45) is 4.58. The molecule has 0 aromatic carbocycles. The van der Waals surface area contributed by atoms with Crippen LogP contribution in [0.5, 0.6) is 0 Å². The van der Waals surface area contributed by atoms with E-state index in [1.807, 2.05) is 6.92 Å². The zero-order valence-electron chi connectivity index (χ0n) is 9.54. The molecule has 0 unspecified atom stereocenters. The Morgan fingerprint density at radius 2 is 1.79 bits per heavy atom. The van der Waals surface area contributed by atoms with Crippen LogP contribution in [0.15, 0.2) is 12.7 Å². The highest BCUT2D eigenvalue weighted by atomic mass is 16.5. The van der Waals surface area contributed by atoms with Gasteiger partial charge in [0.05, 0.1) is 13.2 Å². The molecule has 1 saturated heterocycles. The van der Waals surface area contributed by atoms with E-state index in [0.717, 1.165) is 38.3 Å². The van der Waals surface area contributed by atoms with E-state index in [-0.39, 0.29) is 0 Å². The maximum absolute atomic E-state index is 5.30. The van der Waals surface area contributed by atoms with E-state index < -0.39 is 0 Å². The molecule has 0 aromatic rings. The second-order valence-electron chi connectivity index (χ2n) is 4.29. The maximum atomic E-state index is 5.30. The minimum absolute atomic E-state index is 0.897. The molecule has 2 fully saturated rings. The van der Waals surface area contributed by atoms with Gasteiger partial charge >= 0.3 is 0 Å². The van der Waals surface area contributed by atoms with E-state index in [4.69, 9.17) is 4.74 Å². The first-order valence-electron chi connectivity index (χ1n) is 5.66. The lowest BCUT2D eigenvalue weighted by Gasteiger charge is -2.43. The standard InChI is InChI=1S/C9H17NO.C3H6/c1-8-6-9(7-8)10-2-4-11-5-3-10;1-3-2/h8-9H,2-7H2,1H3;3H,1H2,2H3. The molecule has 0 atom stereocenters. The molecule has 1 aliphatic carbocycles. The summed E-state index contributed by atoms with van der Waals surface area (Å²) in [6, 6.07) is 0.897. The molecule has 2 aliphatic rings. The molecular weight excluding hydrogens is 174 g/mol. The Hall–Kier alpha value is -0.340. The molecule has 2 heteroatoms. The number of rotatable bonds is 1. The molecule has 0 spiro atoms. The molecule has 1 saturated carbocycles. The highest BCUT2D eigenvalue weighted by Gasteiger charge is 2.31. The fourth-order valence-electron chi connectivity index (χ4n) is 2.10. The summed E-state index contributed by atoms with van der Waals surface area (Å²) in [5.41, 5.74) is 0. The van der Waals surface area contributed by atoms with Crippen molar-refractivity contribution in [2.45, 2.75) is 32.7 Å². The van der Waals surface area contributed by atoms with Crippen LogP contribution in [0.2, 0.25) is 0 Å². The lowest BCUT2D eigenvalue weighted by atomic mass is 9.81. The molecule has 0 radical (unpaired) electrons. The summed E-state index contributed by atoms with van der Waals surface area (Å²) in [6.45, 7) is 11.8. The van der Waals surface area contributed by atoms with Crippen molar-refractivity contribution in [3.63, 3.8) is 0 Å². The first-order chi connectivity index (χ1) is 6.77. The summed E-state index contributed by atoms with van der Waals surface area (Å²) >= 11 is 0. The summed E-state index contributed by atoms with van der Waals surface area (Å²) in [5.74, 6) is 0.975. The van der Waals surface area contributed by atoms with Crippen molar-refractivity contribution in [2.75, 3.05) is 26.3 Å². The first-order valence-corrected chi connectivity index (χ1v) is 5.66. The molecule has 0 aromatic heterocycles. The minimum Gasteiger partial charge on any atom is -0.379 e. The van der Waals surface area contributed by atoms with Crippen molar-refractivity contribution in [3.05, 3.63) is 12.7 Å². The highest BCUT2D eigenvalue weighted by molar-refractivity contribution is 4.85. The monoisotopic (exact) mass is 197 g/mol. The van der Waals surface area contributed by atoms with Gasteiger partial charge < -0.3 is 4.74 Å². The Morgan fingerprint density at radius 3 is 2.21 bits per heavy atom. The molecule has 14 heavy (non-hydrogen) atoms. The molecule has 0 N–H and O–H groups in total. The molecule has 1 heterocycles. The molecular formula is C12H23NO. The van der Waals surface area contributed by atoms with Crippen molar-refractivity contribution < 1.29 is 4.74 Å². The van der Waals surface area contributed by atoms with Gasteiger partial charge in [-0.15, -0.1) is 6.58 Å².